The van der Waals surface area contributed by atoms with Crippen LogP contribution in [0.4, 0.5) is 4.39 Å². The fourth-order valence-corrected chi connectivity index (χ4v) is 7.36. The van der Waals surface area contributed by atoms with E-state index in [0.717, 1.165) is 22.2 Å². The Hall–Kier alpha value is -2.02. The van der Waals surface area contributed by atoms with Crippen molar-refractivity contribution in [2.75, 3.05) is 0 Å². The number of aliphatic hydroxyl groups is 3. The lowest BCUT2D eigenvalue weighted by atomic mass is 9.57. The molecule has 0 bridgehead atoms. The van der Waals surface area contributed by atoms with Crippen molar-refractivity contribution in [2.24, 2.45) is 17.3 Å². The number of rotatable bonds is 1. The van der Waals surface area contributed by atoms with Gasteiger partial charge in [0.05, 0.1) is 11.7 Å². The quantitative estimate of drug-likeness (QED) is 0.576. The molecule has 7 atom stereocenters. The van der Waals surface area contributed by atoms with Crippen LogP contribution in [0.25, 0.3) is 16.7 Å². The third-order valence-corrected chi connectivity index (χ3v) is 9.11. The predicted molar refractivity (Wildman–Crippen MR) is 118 cm³/mol. The fraction of sp³-hybridized carbons (Fsp3) is 0.577. The van der Waals surface area contributed by atoms with Gasteiger partial charge in [0.25, 0.3) is 0 Å². The van der Waals surface area contributed by atoms with Crippen LogP contribution in [0.5, 0.6) is 0 Å². The molecule has 1 aromatic carbocycles. The highest BCUT2D eigenvalue weighted by Crippen LogP contribution is 2.63. The molecule has 0 radical (unpaired) electrons. The van der Waals surface area contributed by atoms with Gasteiger partial charge < -0.3 is 19.7 Å². The Bertz CT molecular complexity index is 1140. The molecular formula is C26H30FNO4. The Labute approximate surface area is 186 Å². The zero-order valence-corrected chi connectivity index (χ0v) is 18.3. The van der Waals surface area contributed by atoms with Crippen LogP contribution in [-0.4, -0.2) is 43.8 Å². The average molecular weight is 440 g/mol. The standard InChI is InChI=1S/C26H30FNO4/c1-24-10-9-19-23(30)25(27)13-17(29)4-3-16(25)8-11-26(19,31)22(24)7-5-18(24)15-2-6-20-21(12-15)32-14-28-20/h2,5-6,9,12,14,16-17,22-23,29-31H,3-4,7-8,10-11,13H2,1H3/t16?,17?,22?,23?,24?,25?,26-/m1/s1. The molecule has 170 valence electrons. The number of allylic oxidation sites excluding steroid dienone is 3. The van der Waals surface area contributed by atoms with Gasteiger partial charge in [0.15, 0.2) is 12.0 Å². The topological polar surface area (TPSA) is 86.7 Å². The van der Waals surface area contributed by atoms with Gasteiger partial charge in [0.1, 0.15) is 17.3 Å². The van der Waals surface area contributed by atoms with Crippen LogP contribution >= 0.6 is 0 Å². The van der Waals surface area contributed by atoms with Crippen molar-refractivity contribution in [3.8, 4) is 0 Å². The lowest BCUT2D eigenvalue weighted by molar-refractivity contribution is -0.0963. The summed E-state index contributed by atoms with van der Waals surface area (Å²) in [4.78, 5) is 4.20. The molecule has 0 aliphatic heterocycles. The fourth-order valence-electron chi connectivity index (χ4n) is 7.36. The van der Waals surface area contributed by atoms with Crippen LogP contribution < -0.4 is 0 Å². The highest BCUT2D eigenvalue weighted by molar-refractivity contribution is 5.82. The first-order valence-electron chi connectivity index (χ1n) is 11.8. The molecule has 0 spiro atoms. The van der Waals surface area contributed by atoms with Gasteiger partial charge in [0, 0.05) is 17.8 Å². The van der Waals surface area contributed by atoms with Gasteiger partial charge in [-0.15, -0.1) is 0 Å². The molecule has 0 saturated heterocycles. The number of aromatic nitrogens is 1. The van der Waals surface area contributed by atoms with Gasteiger partial charge in [0.2, 0.25) is 0 Å². The monoisotopic (exact) mass is 439 g/mol. The second kappa shape index (κ2) is 6.75. The Morgan fingerprint density at radius 3 is 2.84 bits per heavy atom. The van der Waals surface area contributed by atoms with Crippen molar-refractivity contribution in [3.05, 3.63) is 47.9 Å². The summed E-state index contributed by atoms with van der Waals surface area (Å²) in [5.74, 6) is -0.482. The molecular weight excluding hydrogens is 409 g/mol. The minimum absolute atomic E-state index is 0.0606. The number of nitrogens with zero attached hydrogens (tertiary/aromatic N) is 1. The molecule has 6 unspecified atom stereocenters. The summed E-state index contributed by atoms with van der Waals surface area (Å²) >= 11 is 0. The first-order chi connectivity index (χ1) is 15.3. The van der Waals surface area contributed by atoms with E-state index < -0.39 is 23.5 Å². The maximum Gasteiger partial charge on any atom is 0.181 e. The molecule has 32 heavy (non-hydrogen) atoms. The van der Waals surface area contributed by atoms with Gasteiger partial charge in [-0.05, 0) is 73.3 Å². The summed E-state index contributed by atoms with van der Waals surface area (Å²) < 4.78 is 21.7. The molecule has 1 aromatic heterocycles. The Morgan fingerprint density at radius 1 is 1.16 bits per heavy atom. The van der Waals surface area contributed by atoms with Crippen molar-refractivity contribution in [1.82, 2.24) is 4.98 Å². The van der Waals surface area contributed by atoms with Crippen LogP contribution in [-0.2, 0) is 0 Å². The Morgan fingerprint density at radius 2 is 2.00 bits per heavy atom. The van der Waals surface area contributed by atoms with Gasteiger partial charge in [-0.3, -0.25) is 0 Å². The first kappa shape index (κ1) is 20.6. The number of benzene rings is 1. The molecule has 2 fully saturated rings. The largest absolute Gasteiger partial charge is 0.443 e. The summed E-state index contributed by atoms with van der Waals surface area (Å²) in [6, 6.07) is 5.99. The summed E-state index contributed by atoms with van der Waals surface area (Å²) in [5.41, 5.74) is 0.704. The van der Waals surface area contributed by atoms with Crippen LogP contribution in [0.2, 0.25) is 0 Å². The van der Waals surface area contributed by atoms with Crippen molar-refractivity contribution >= 4 is 16.7 Å². The SMILES string of the molecule is CC12CC=C3C(O)C4(F)CC(O)CCC4CC[C@]3(O)C1CC=C2c1ccc2ncoc2c1. The summed E-state index contributed by atoms with van der Waals surface area (Å²) in [6.45, 7) is 2.17. The number of hydrogen-bond donors (Lipinski definition) is 3. The molecule has 3 N–H and O–H groups in total. The zero-order valence-electron chi connectivity index (χ0n) is 18.3. The molecule has 6 heteroatoms. The van der Waals surface area contributed by atoms with Gasteiger partial charge >= 0.3 is 0 Å². The zero-order chi connectivity index (χ0) is 22.3. The molecule has 4 aliphatic carbocycles. The number of halogens is 1. The summed E-state index contributed by atoms with van der Waals surface area (Å²) in [6.07, 6.45) is 6.68. The van der Waals surface area contributed by atoms with Crippen LogP contribution in [0.3, 0.4) is 0 Å². The molecule has 4 aliphatic rings. The lowest BCUT2D eigenvalue weighted by Gasteiger charge is -2.50. The number of alkyl halides is 1. The molecule has 2 saturated carbocycles. The van der Waals surface area contributed by atoms with E-state index in [1.165, 1.54) is 6.39 Å². The van der Waals surface area contributed by atoms with Crippen molar-refractivity contribution < 1.29 is 24.1 Å². The maximum absolute atomic E-state index is 16.2. The van der Waals surface area contributed by atoms with E-state index in [0.29, 0.717) is 44.1 Å². The van der Waals surface area contributed by atoms with Gasteiger partial charge in [-0.25, -0.2) is 9.37 Å². The van der Waals surface area contributed by atoms with Crippen molar-refractivity contribution in [1.29, 1.82) is 0 Å². The van der Waals surface area contributed by atoms with E-state index in [2.05, 4.69) is 18.0 Å². The second-order valence-corrected chi connectivity index (χ2v) is 10.6. The third-order valence-electron chi connectivity index (χ3n) is 9.11. The number of hydrogen-bond acceptors (Lipinski definition) is 5. The van der Waals surface area contributed by atoms with E-state index >= 15 is 4.39 Å². The first-order valence-corrected chi connectivity index (χ1v) is 11.8. The van der Waals surface area contributed by atoms with Crippen LogP contribution in [0, 0.1) is 17.3 Å². The molecule has 0 amide bonds. The van der Waals surface area contributed by atoms with Gasteiger partial charge in [-0.2, -0.15) is 0 Å². The Balaban J connectivity index is 1.40. The molecule has 5 nitrogen and oxygen atoms in total. The highest BCUT2D eigenvalue weighted by Gasteiger charge is 2.62. The van der Waals surface area contributed by atoms with E-state index in [1.807, 2.05) is 24.3 Å². The van der Waals surface area contributed by atoms with E-state index in [4.69, 9.17) is 4.42 Å². The van der Waals surface area contributed by atoms with Crippen LogP contribution in [0.1, 0.15) is 57.4 Å². The second-order valence-electron chi connectivity index (χ2n) is 10.6. The smallest absolute Gasteiger partial charge is 0.181 e. The van der Waals surface area contributed by atoms with E-state index in [9.17, 15) is 15.3 Å². The summed E-state index contributed by atoms with van der Waals surface area (Å²) in [7, 11) is 0. The number of aliphatic hydroxyl groups excluding tert-OH is 2. The normalized spacial score (nSPS) is 43.7. The molecule has 2 aromatic rings. The van der Waals surface area contributed by atoms with Crippen LogP contribution in [0.15, 0.2) is 46.7 Å². The molecule has 6 rings (SSSR count). The molecule has 1 heterocycles. The van der Waals surface area contributed by atoms with Crippen molar-refractivity contribution in [2.45, 2.75) is 75.3 Å². The van der Waals surface area contributed by atoms with Gasteiger partial charge in [-0.1, -0.05) is 25.1 Å². The summed E-state index contributed by atoms with van der Waals surface area (Å²) in [5, 5.41) is 33.5. The lowest BCUT2D eigenvalue weighted by Crippen LogP contribution is -2.55. The number of fused-ring (bicyclic) bond motifs is 5. The number of oxazole rings is 1. The minimum atomic E-state index is -1.88. The predicted octanol–water partition coefficient (Wildman–Crippen LogP) is 4.32. The van der Waals surface area contributed by atoms with Crippen molar-refractivity contribution in [3.63, 3.8) is 0 Å². The Kier molecular flexibility index (Phi) is 4.34. The average Bonchev–Trinajstić information content (AvgIpc) is 3.35. The van der Waals surface area contributed by atoms with E-state index in [1.54, 1.807) is 0 Å². The minimum Gasteiger partial charge on any atom is -0.443 e. The maximum atomic E-state index is 16.2. The third kappa shape index (κ3) is 2.63. The van der Waals surface area contributed by atoms with E-state index in [-0.39, 0.29) is 23.7 Å². The highest BCUT2D eigenvalue weighted by atomic mass is 19.1.